The Balaban J connectivity index is 2.27. The molecule has 0 aliphatic carbocycles. The lowest BCUT2D eigenvalue weighted by Gasteiger charge is -2.10. The van der Waals surface area contributed by atoms with Crippen LogP contribution in [-0.4, -0.2) is 11.7 Å². The average Bonchev–Trinajstić information content (AvgIpc) is 2.30. The molecule has 1 aromatic rings. The van der Waals surface area contributed by atoms with Gasteiger partial charge in [-0.2, -0.15) is 0 Å². The van der Waals surface area contributed by atoms with E-state index in [1.165, 1.54) is 37.8 Å². The fourth-order valence-corrected chi connectivity index (χ4v) is 2.33. The first-order valence-electron chi connectivity index (χ1n) is 6.46. The second-order valence-electron chi connectivity index (χ2n) is 4.35. The van der Waals surface area contributed by atoms with Crippen molar-refractivity contribution in [2.45, 2.75) is 45.4 Å². The van der Waals surface area contributed by atoms with E-state index in [4.69, 9.17) is 27.9 Å². The molecule has 0 aliphatic rings. The quantitative estimate of drug-likeness (QED) is 0.646. The van der Waals surface area contributed by atoms with Crippen LogP contribution in [-0.2, 0) is 0 Å². The molecule has 0 saturated carbocycles. The fourth-order valence-electron chi connectivity index (χ4n) is 1.74. The Bertz CT molecular complexity index is 344. The lowest BCUT2D eigenvalue weighted by atomic mass is 10.1. The molecular weight excluding hydrogens is 271 g/mol. The van der Waals surface area contributed by atoms with Gasteiger partial charge in [-0.05, 0) is 6.42 Å². The number of aromatic hydroxyl groups is 1. The van der Waals surface area contributed by atoms with Crippen molar-refractivity contribution in [2.75, 3.05) is 6.61 Å². The summed E-state index contributed by atoms with van der Waals surface area (Å²) >= 11 is 11.9. The number of hydrogen-bond donors (Lipinski definition) is 1. The highest BCUT2D eigenvalue weighted by Gasteiger charge is 2.09. The molecule has 18 heavy (non-hydrogen) atoms. The van der Waals surface area contributed by atoms with Gasteiger partial charge in [0.15, 0.2) is 5.75 Å². The monoisotopic (exact) mass is 290 g/mol. The number of benzene rings is 1. The summed E-state index contributed by atoms with van der Waals surface area (Å²) in [6.45, 7) is 2.81. The maximum atomic E-state index is 9.29. The van der Waals surface area contributed by atoms with Gasteiger partial charge in [-0.3, -0.25) is 0 Å². The summed E-state index contributed by atoms with van der Waals surface area (Å²) in [5.41, 5.74) is 0. The van der Waals surface area contributed by atoms with E-state index in [1.54, 1.807) is 0 Å². The van der Waals surface area contributed by atoms with Crippen molar-refractivity contribution < 1.29 is 9.84 Å². The van der Waals surface area contributed by atoms with Crippen LogP contribution in [0.3, 0.4) is 0 Å². The predicted molar refractivity (Wildman–Crippen MR) is 77.0 cm³/mol. The molecule has 1 rings (SSSR count). The second kappa shape index (κ2) is 8.49. The number of phenols is 1. The Morgan fingerprint density at radius 2 is 1.56 bits per heavy atom. The Kier molecular flexibility index (Phi) is 7.29. The Labute approximate surface area is 119 Å². The highest BCUT2D eigenvalue weighted by Crippen LogP contribution is 2.36. The van der Waals surface area contributed by atoms with Crippen LogP contribution in [0.25, 0.3) is 0 Å². The summed E-state index contributed by atoms with van der Waals surface area (Å²) in [6, 6.07) is 2.87. The highest BCUT2D eigenvalue weighted by atomic mass is 35.5. The largest absolute Gasteiger partial charge is 0.508 e. The lowest BCUT2D eigenvalue weighted by molar-refractivity contribution is 0.304. The summed E-state index contributed by atoms with van der Waals surface area (Å²) in [4.78, 5) is 0. The zero-order valence-electron chi connectivity index (χ0n) is 10.7. The Morgan fingerprint density at radius 1 is 1.00 bits per heavy atom. The van der Waals surface area contributed by atoms with E-state index in [2.05, 4.69) is 6.92 Å². The first kappa shape index (κ1) is 15.5. The second-order valence-corrected chi connectivity index (χ2v) is 5.17. The molecule has 102 valence electrons. The molecule has 0 aromatic heterocycles. The summed E-state index contributed by atoms with van der Waals surface area (Å²) in [7, 11) is 0. The third-order valence-electron chi connectivity index (χ3n) is 2.73. The van der Waals surface area contributed by atoms with Crippen LogP contribution in [0, 0.1) is 0 Å². The third kappa shape index (κ3) is 5.36. The minimum absolute atomic E-state index is 0.0527. The van der Waals surface area contributed by atoms with Crippen molar-refractivity contribution >= 4 is 23.2 Å². The standard InChI is InChI=1S/C14H20Cl2O2/c1-2-3-4-5-6-7-8-18-14-12(15)9-11(17)10-13(14)16/h9-10,17H,2-8H2,1H3. The molecule has 0 unspecified atom stereocenters. The molecule has 1 N–H and O–H groups in total. The van der Waals surface area contributed by atoms with E-state index in [9.17, 15) is 5.11 Å². The van der Waals surface area contributed by atoms with E-state index in [0.717, 1.165) is 12.8 Å². The molecule has 1 aromatic carbocycles. The zero-order valence-corrected chi connectivity index (χ0v) is 12.2. The molecule has 0 bridgehead atoms. The van der Waals surface area contributed by atoms with Gasteiger partial charge < -0.3 is 9.84 Å². The van der Waals surface area contributed by atoms with Gasteiger partial charge in [0.05, 0.1) is 16.7 Å². The van der Waals surface area contributed by atoms with Crippen LogP contribution in [0.2, 0.25) is 10.0 Å². The molecule has 0 radical (unpaired) electrons. The molecule has 4 heteroatoms. The smallest absolute Gasteiger partial charge is 0.156 e. The predicted octanol–water partition coefficient (Wildman–Crippen LogP) is 5.44. The minimum Gasteiger partial charge on any atom is -0.508 e. The summed E-state index contributed by atoms with van der Waals surface area (Å²) in [6.07, 6.45) is 7.25. The van der Waals surface area contributed by atoms with Crippen LogP contribution in [0.5, 0.6) is 11.5 Å². The van der Waals surface area contributed by atoms with E-state index in [-0.39, 0.29) is 5.75 Å². The van der Waals surface area contributed by atoms with Crippen molar-refractivity contribution in [2.24, 2.45) is 0 Å². The molecule has 0 atom stereocenters. The molecule has 0 fully saturated rings. The molecule has 2 nitrogen and oxygen atoms in total. The van der Waals surface area contributed by atoms with Gasteiger partial charge in [-0.25, -0.2) is 0 Å². The van der Waals surface area contributed by atoms with Gasteiger partial charge in [0.1, 0.15) is 5.75 Å². The first-order chi connectivity index (χ1) is 8.65. The fraction of sp³-hybridized carbons (Fsp3) is 0.571. The maximum absolute atomic E-state index is 9.29. The van der Waals surface area contributed by atoms with Crippen molar-refractivity contribution in [3.05, 3.63) is 22.2 Å². The highest BCUT2D eigenvalue weighted by molar-refractivity contribution is 6.37. The van der Waals surface area contributed by atoms with Gasteiger partial charge in [0, 0.05) is 12.1 Å². The SMILES string of the molecule is CCCCCCCCOc1c(Cl)cc(O)cc1Cl. The lowest BCUT2D eigenvalue weighted by Crippen LogP contribution is -1.98. The summed E-state index contributed by atoms with van der Waals surface area (Å²) in [5.74, 6) is 0.515. The van der Waals surface area contributed by atoms with Gasteiger partial charge >= 0.3 is 0 Å². The van der Waals surface area contributed by atoms with Gasteiger partial charge in [-0.1, -0.05) is 62.2 Å². The number of phenolic OH excluding ortho intramolecular Hbond substituents is 1. The van der Waals surface area contributed by atoms with Crippen molar-refractivity contribution in [3.63, 3.8) is 0 Å². The number of hydrogen-bond acceptors (Lipinski definition) is 2. The number of halogens is 2. The normalized spacial score (nSPS) is 10.6. The molecule has 0 heterocycles. The Morgan fingerprint density at radius 3 is 2.17 bits per heavy atom. The maximum Gasteiger partial charge on any atom is 0.156 e. The van der Waals surface area contributed by atoms with Crippen molar-refractivity contribution in [1.29, 1.82) is 0 Å². The van der Waals surface area contributed by atoms with E-state index in [0.29, 0.717) is 22.4 Å². The van der Waals surface area contributed by atoms with Gasteiger partial charge in [0.2, 0.25) is 0 Å². The number of unbranched alkanes of at least 4 members (excludes halogenated alkanes) is 5. The first-order valence-corrected chi connectivity index (χ1v) is 7.21. The third-order valence-corrected chi connectivity index (χ3v) is 3.29. The molecular formula is C14H20Cl2O2. The number of rotatable bonds is 8. The van der Waals surface area contributed by atoms with E-state index in [1.807, 2.05) is 0 Å². The van der Waals surface area contributed by atoms with Crippen molar-refractivity contribution in [3.8, 4) is 11.5 Å². The molecule has 0 amide bonds. The minimum atomic E-state index is 0.0527. The average molecular weight is 291 g/mol. The molecule has 0 spiro atoms. The van der Waals surface area contributed by atoms with Crippen LogP contribution >= 0.6 is 23.2 Å². The van der Waals surface area contributed by atoms with E-state index < -0.39 is 0 Å². The topological polar surface area (TPSA) is 29.5 Å². The number of ether oxygens (including phenoxy) is 1. The van der Waals surface area contributed by atoms with Crippen LogP contribution in [0.15, 0.2) is 12.1 Å². The van der Waals surface area contributed by atoms with Crippen LogP contribution < -0.4 is 4.74 Å². The van der Waals surface area contributed by atoms with Crippen LogP contribution in [0.4, 0.5) is 0 Å². The molecule has 0 saturated heterocycles. The Hall–Kier alpha value is -0.600. The van der Waals surface area contributed by atoms with Gasteiger partial charge in [0.25, 0.3) is 0 Å². The van der Waals surface area contributed by atoms with Crippen molar-refractivity contribution in [1.82, 2.24) is 0 Å². The van der Waals surface area contributed by atoms with Gasteiger partial charge in [-0.15, -0.1) is 0 Å². The molecule has 0 aliphatic heterocycles. The van der Waals surface area contributed by atoms with Crippen LogP contribution in [0.1, 0.15) is 45.4 Å². The summed E-state index contributed by atoms with van der Waals surface area (Å²) < 4.78 is 5.55. The summed E-state index contributed by atoms with van der Waals surface area (Å²) in [5, 5.41) is 9.99. The van der Waals surface area contributed by atoms with E-state index >= 15 is 0 Å². The zero-order chi connectivity index (χ0) is 13.4.